The van der Waals surface area contributed by atoms with Gasteiger partial charge in [0, 0.05) is 25.1 Å². The fraction of sp³-hybridized carbons (Fsp3) is 0.250. The molecule has 0 saturated carbocycles. The van der Waals surface area contributed by atoms with Gasteiger partial charge in [0.1, 0.15) is 0 Å². The Morgan fingerprint density at radius 3 is 2.86 bits per heavy atom. The summed E-state index contributed by atoms with van der Waals surface area (Å²) in [6, 6.07) is 1.78. The third-order valence-corrected chi connectivity index (χ3v) is 2.74. The molecule has 108 valence electrons. The average Bonchev–Trinajstić information content (AvgIpc) is 3.10. The molecule has 0 aliphatic heterocycles. The summed E-state index contributed by atoms with van der Waals surface area (Å²) < 4.78 is 3.38. The van der Waals surface area contributed by atoms with Gasteiger partial charge in [0.15, 0.2) is 0 Å². The highest BCUT2D eigenvalue weighted by Gasteiger charge is 2.06. The van der Waals surface area contributed by atoms with Crippen molar-refractivity contribution in [2.45, 2.75) is 13.5 Å². The lowest BCUT2D eigenvalue weighted by Gasteiger charge is -2.07. The van der Waals surface area contributed by atoms with Crippen LogP contribution < -0.4 is 11.1 Å². The minimum Gasteiger partial charge on any atom is -0.368 e. The number of aromatic nitrogens is 7. The molecule has 0 aromatic carbocycles. The highest BCUT2D eigenvalue weighted by molar-refractivity contribution is 5.34. The third kappa shape index (κ3) is 3.14. The largest absolute Gasteiger partial charge is 0.368 e. The molecule has 0 amide bonds. The summed E-state index contributed by atoms with van der Waals surface area (Å²) in [5.74, 6) is 0.940. The van der Waals surface area contributed by atoms with E-state index in [1.807, 2.05) is 24.0 Å². The minimum atomic E-state index is 0.146. The van der Waals surface area contributed by atoms with Crippen molar-refractivity contribution in [1.29, 1.82) is 0 Å². The maximum absolute atomic E-state index is 5.69. The lowest BCUT2D eigenvalue weighted by atomic mass is 10.4. The molecule has 3 N–H and O–H groups in total. The topological polar surface area (TPSA) is 112 Å². The SMILES string of the molecule is Cc1cnn(CCNc2nc(N)nc(-n3cccn3)n2)c1. The minimum absolute atomic E-state index is 0.146. The van der Waals surface area contributed by atoms with Gasteiger partial charge >= 0.3 is 0 Å². The molecule has 9 heteroatoms. The summed E-state index contributed by atoms with van der Waals surface area (Å²) in [4.78, 5) is 12.4. The normalized spacial score (nSPS) is 10.7. The van der Waals surface area contributed by atoms with Crippen molar-refractivity contribution in [1.82, 2.24) is 34.5 Å². The Bertz CT molecular complexity index is 716. The molecule has 9 nitrogen and oxygen atoms in total. The molecular formula is C12H15N9. The van der Waals surface area contributed by atoms with E-state index < -0.39 is 0 Å². The maximum atomic E-state index is 5.69. The quantitative estimate of drug-likeness (QED) is 0.691. The Balaban J connectivity index is 1.68. The molecule has 0 aliphatic carbocycles. The second kappa shape index (κ2) is 5.57. The molecule has 3 aromatic rings. The van der Waals surface area contributed by atoms with Crippen LogP contribution in [-0.2, 0) is 6.54 Å². The molecule has 0 aliphatic rings. The van der Waals surface area contributed by atoms with Crippen LogP contribution in [-0.4, -0.2) is 41.1 Å². The van der Waals surface area contributed by atoms with Gasteiger partial charge in [-0.1, -0.05) is 0 Å². The number of hydrogen-bond donors (Lipinski definition) is 2. The highest BCUT2D eigenvalue weighted by Crippen LogP contribution is 2.06. The Kier molecular flexibility index (Phi) is 3.46. The van der Waals surface area contributed by atoms with Crippen LogP contribution in [0.25, 0.3) is 5.95 Å². The van der Waals surface area contributed by atoms with Crippen molar-refractivity contribution >= 4 is 11.9 Å². The van der Waals surface area contributed by atoms with Gasteiger partial charge in [0.25, 0.3) is 5.95 Å². The van der Waals surface area contributed by atoms with Gasteiger partial charge in [0.05, 0.1) is 12.7 Å². The van der Waals surface area contributed by atoms with Crippen molar-refractivity contribution in [2.24, 2.45) is 0 Å². The van der Waals surface area contributed by atoms with Crippen LogP contribution in [0.4, 0.5) is 11.9 Å². The molecule has 0 atom stereocenters. The van der Waals surface area contributed by atoms with E-state index in [0.29, 0.717) is 25.0 Å². The van der Waals surface area contributed by atoms with Gasteiger partial charge in [-0.05, 0) is 18.6 Å². The van der Waals surface area contributed by atoms with E-state index in [1.54, 1.807) is 18.5 Å². The molecular weight excluding hydrogens is 270 g/mol. The first-order chi connectivity index (χ1) is 10.2. The fourth-order valence-electron chi connectivity index (χ4n) is 1.82. The van der Waals surface area contributed by atoms with Crippen molar-refractivity contribution in [3.63, 3.8) is 0 Å². The van der Waals surface area contributed by atoms with Crippen LogP contribution in [0.15, 0.2) is 30.9 Å². The number of nitrogen functional groups attached to an aromatic ring is 1. The van der Waals surface area contributed by atoms with E-state index in [4.69, 9.17) is 5.73 Å². The van der Waals surface area contributed by atoms with Gasteiger partial charge in [-0.3, -0.25) is 4.68 Å². The number of hydrogen-bond acceptors (Lipinski definition) is 7. The van der Waals surface area contributed by atoms with Gasteiger partial charge in [-0.2, -0.15) is 25.1 Å². The van der Waals surface area contributed by atoms with Gasteiger partial charge < -0.3 is 11.1 Å². The molecule has 0 unspecified atom stereocenters. The second-order valence-corrected chi connectivity index (χ2v) is 4.48. The lowest BCUT2D eigenvalue weighted by molar-refractivity contribution is 0.635. The number of nitrogens with two attached hydrogens (primary N) is 1. The maximum Gasteiger partial charge on any atom is 0.257 e. The van der Waals surface area contributed by atoms with Crippen LogP contribution >= 0.6 is 0 Å². The molecule has 0 spiro atoms. The highest BCUT2D eigenvalue weighted by atomic mass is 15.4. The Labute approximate surface area is 120 Å². The molecule has 0 saturated heterocycles. The first-order valence-electron chi connectivity index (χ1n) is 6.45. The van der Waals surface area contributed by atoms with Gasteiger partial charge in [-0.25, -0.2) is 4.68 Å². The van der Waals surface area contributed by atoms with Crippen molar-refractivity contribution in [3.05, 3.63) is 36.4 Å². The Hall–Kier alpha value is -2.97. The van der Waals surface area contributed by atoms with E-state index in [2.05, 4.69) is 30.5 Å². The average molecular weight is 285 g/mol. The Morgan fingerprint density at radius 1 is 1.24 bits per heavy atom. The number of rotatable bonds is 5. The van der Waals surface area contributed by atoms with Crippen LogP contribution in [0.1, 0.15) is 5.56 Å². The van der Waals surface area contributed by atoms with Crippen molar-refractivity contribution in [3.8, 4) is 5.95 Å². The predicted octanol–water partition coefficient (Wildman–Crippen LogP) is 0.257. The summed E-state index contributed by atoms with van der Waals surface area (Å²) >= 11 is 0. The molecule has 3 aromatic heterocycles. The summed E-state index contributed by atoms with van der Waals surface area (Å²) in [6.07, 6.45) is 7.17. The first-order valence-corrected chi connectivity index (χ1v) is 6.45. The van der Waals surface area contributed by atoms with E-state index in [0.717, 1.165) is 5.56 Å². The zero-order chi connectivity index (χ0) is 14.7. The summed E-state index contributed by atoms with van der Waals surface area (Å²) in [5, 5.41) is 11.4. The molecule has 3 heterocycles. The second-order valence-electron chi connectivity index (χ2n) is 4.48. The molecule has 3 rings (SSSR count). The number of anilines is 2. The van der Waals surface area contributed by atoms with Crippen LogP contribution in [0.5, 0.6) is 0 Å². The lowest BCUT2D eigenvalue weighted by Crippen LogP contribution is -2.15. The number of aryl methyl sites for hydroxylation is 1. The molecule has 0 bridgehead atoms. The zero-order valence-electron chi connectivity index (χ0n) is 11.5. The van der Waals surface area contributed by atoms with Gasteiger partial charge in [0.2, 0.25) is 11.9 Å². The monoisotopic (exact) mass is 285 g/mol. The standard InChI is InChI=1S/C12H15N9/c1-9-7-16-20(8-9)6-4-14-11-17-10(13)18-12(19-11)21-5-2-3-15-21/h2-3,5,7-8H,4,6H2,1H3,(H3,13,14,17,18,19). The first kappa shape index (κ1) is 13.0. The number of nitrogens with one attached hydrogen (secondary N) is 1. The van der Waals surface area contributed by atoms with E-state index in [-0.39, 0.29) is 5.95 Å². The summed E-state index contributed by atoms with van der Waals surface area (Å²) in [5.41, 5.74) is 6.82. The van der Waals surface area contributed by atoms with Gasteiger partial charge in [-0.15, -0.1) is 0 Å². The fourth-order valence-corrected chi connectivity index (χ4v) is 1.82. The molecule has 21 heavy (non-hydrogen) atoms. The third-order valence-electron chi connectivity index (χ3n) is 2.74. The van der Waals surface area contributed by atoms with Crippen LogP contribution in [0.2, 0.25) is 0 Å². The Morgan fingerprint density at radius 2 is 2.14 bits per heavy atom. The van der Waals surface area contributed by atoms with Crippen molar-refractivity contribution in [2.75, 3.05) is 17.6 Å². The summed E-state index contributed by atoms with van der Waals surface area (Å²) in [6.45, 7) is 3.33. The predicted molar refractivity (Wildman–Crippen MR) is 76.8 cm³/mol. The summed E-state index contributed by atoms with van der Waals surface area (Å²) in [7, 11) is 0. The van der Waals surface area contributed by atoms with E-state index >= 15 is 0 Å². The molecule has 0 fully saturated rings. The smallest absolute Gasteiger partial charge is 0.257 e. The van der Waals surface area contributed by atoms with E-state index in [9.17, 15) is 0 Å². The zero-order valence-corrected chi connectivity index (χ0v) is 11.5. The van der Waals surface area contributed by atoms with Crippen LogP contribution in [0.3, 0.4) is 0 Å². The van der Waals surface area contributed by atoms with E-state index in [1.165, 1.54) is 4.68 Å². The van der Waals surface area contributed by atoms with Crippen LogP contribution in [0, 0.1) is 6.92 Å². The number of nitrogens with zero attached hydrogens (tertiary/aromatic N) is 7. The van der Waals surface area contributed by atoms with Crippen molar-refractivity contribution < 1.29 is 0 Å². The molecule has 0 radical (unpaired) electrons.